The van der Waals surface area contributed by atoms with Crippen molar-refractivity contribution in [2.45, 2.75) is 33.1 Å². The number of unbranched alkanes of at least 4 members (excludes halogenated alkanes) is 1. The molecule has 0 spiro atoms. The monoisotopic (exact) mass is 174 g/mol. The second-order valence-electron chi connectivity index (χ2n) is 3.38. The van der Waals surface area contributed by atoms with Crippen LogP contribution in [0.2, 0.25) is 0 Å². The molecule has 0 heterocycles. The molecule has 0 rings (SSSR count). The third-order valence-electron chi connectivity index (χ3n) is 2.12. The molecule has 0 radical (unpaired) electrons. The molecular formula is C10H19Cl. The Morgan fingerprint density at radius 2 is 2.09 bits per heavy atom. The van der Waals surface area contributed by atoms with E-state index in [2.05, 4.69) is 20.4 Å². The Morgan fingerprint density at radius 3 is 2.45 bits per heavy atom. The first kappa shape index (κ1) is 11.0. The van der Waals surface area contributed by atoms with Crippen LogP contribution in [0, 0.1) is 11.8 Å². The normalized spacial score (nSPS) is 13.5. The molecule has 66 valence electrons. The van der Waals surface area contributed by atoms with Gasteiger partial charge >= 0.3 is 0 Å². The zero-order valence-electron chi connectivity index (χ0n) is 7.65. The van der Waals surface area contributed by atoms with Gasteiger partial charge in [0.15, 0.2) is 0 Å². The van der Waals surface area contributed by atoms with Crippen LogP contribution in [-0.2, 0) is 0 Å². The van der Waals surface area contributed by atoms with Crippen LogP contribution in [0.1, 0.15) is 33.1 Å². The number of hydrogen-bond acceptors (Lipinski definition) is 0. The van der Waals surface area contributed by atoms with Crippen molar-refractivity contribution >= 4 is 11.6 Å². The zero-order chi connectivity index (χ0) is 8.69. The Bertz CT molecular complexity index is 97.0. The first-order valence-electron chi connectivity index (χ1n) is 4.39. The van der Waals surface area contributed by atoms with Crippen LogP contribution in [0.4, 0.5) is 0 Å². The van der Waals surface area contributed by atoms with E-state index in [0.29, 0.717) is 5.92 Å². The van der Waals surface area contributed by atoms with Crippen LogP contribution >= 0.6 is 11.6 Å². The van der Waals surface area contributed by atoms with Crippen molar-refractivity contribution < 1.29 is 0 Å². The van der Waals surface area contributed by atoms with Gasteiger partial charge in [0.2, 0.25) is 0 Å². The molecule has 0 nitrogen and oxygen atoms in total. The SMILES string of the molecule is C=CCCCC(CCl)C(C)C. The van der Waals surface area contributed by atoms with Gasteiger partial charge in [0.05, 0.1) is 0 Å². The van der Waals surface area contributed by atoms with E-state index in [1.165, 1.54) is 12.8 Å². The van der Waals surface area contributed by atoms with Crippen molar-refractivity contribution in [1.82, 2.24) is 0 Å². The second-order valence-corrected chi connectivity index (χ2v) is 3.69. The summed E-state index contributed by atoms with van der Waals surface area (Å²) in [6.07, 6.45) is 5.58. The van der Waals surface area contributed by atoms with Crippen molar-refractivity contribution in [3.8, 4) is 0 Å². The van der Waals surface area contributed by atoms with Gasteiger partial charge in [0.1, 0.15) is 0 Å². The summed E-state index contributed by atoms with van der Waals surface area (Å²) in [5.41, 5.74) is 0. The van der Waals surface area contributed by atoms with Crippen molar-refractivity contribution in [2.75, 3.05) is 5.88 Å². The van der Waals surface area contributed by atoms with Crippen LogP contribution in [0.25, 0.3) is 0 Å². The lowest BCUT2D eigenvalue weighted by molar-refractivity contribution is 0.388. The number of rotatable bonds is 6. The zero-order valence-corrected chi connectivity index (χ0v) is 8.40. The lowest BCUT2D eigenvalue weighted by Gasteiger charge is -2.16. The van der Waals surface area contributed by atoms with Crippen molar-refractivity contribution in [2.24, 2.45) is 11.8 Å². The number of allylic oxidation sites excluding steroid dienone is 1. The van der Waals surface area contributed by atoms with Crippen LogP contribution < -0.4 is 0 Å². The van der Waals surface area contributed by atoms with Gasteiger partial charge in [-0.25, -0.2) is 0 Å². The minimum atomic E-state index is 0.691. The Morgan fingerprint density at radius 1 is 1.45 bits per heavy atom. The van der Waals surface area contributed by atoms with E-state index in [-0.39, 0.29) is 0 Å². The summed E-state index contributed by atoms with van der Waals surface area (Å²) >= 11 is 5.82. The molecule has 0 aliphatic rings. The van der Waals surface area contributed by atoms with Crippen molar-refractivity contribution in [3.63, 3.8) is 0 Å². The van der Waals surface area contributed by atoms with Crippen LogP contribution in [0.3, 0.4) is 0 Å². The smallest absolute Gasteiger partial charge is 0.0254 e. The largest absolute Gasteiger partial charge is 0.126 e. The number of hydrogen-bond donors (Lipinski definition) is 0. The highest BCUT2D eigenvalue weighted by molar-refractivity contribution is 6.18. The summed E-state index contributed by atoms with van der Waals surface area (Å²) < 4.78 is 0. The molecule has 0 bridgehead atoms. The highest BCUT2D eigenvalue weighted by atomic mass is 35.5. The van der Waals surface area contributed by atoms with Gasteiger partial charge in [-0.3, -0.25) is 0 Å². The Hall–Kier alpha value is 0.0300. The van der Waals surface area contributed by atoms with Gasteiger partial charge in [0.25, 0.3) is 0 Å². The van der Waals surface area contributed by atoms with Gasteiger partial charge in [-0.2, -0.15) is 0 Å². The molecule has 1 unspecified atom stereocenters. The average Bonchev–Trinajstić information content (AvgIpc) is 1.97. The molecular weight excluding hydrogens is 156 g/mol. The van der Waals surface area contributed by atoms with E-state index < -0.39 is 0 Å². The molecule has 1 atom stereocenters. The molecule has 0 saturated carbocycles. The fraction of sp³-hybridized carbons (Fsp3) is 0.800. The fourth-order valence-electron chi connectivity index (χ4n) is 1.11. The van der Waals surface area contributed by atoms with Gasteiger partial charge in [-0.15, -0.1) is 18.2 Å². The molecule has 11 heavy (non-hydrogen) atoms. The van der Waals surface area contributed by atoms with Gasteiger partial charge < -0.3 is 0 Å². The average molecular weight is 175 g/mol. The predicted octanol–water partition coefficient (Wildman–Crippen LogP) is 3.85. The fourth-order valence-corrected chi connectivity index (χ4v) is 1.62. The minimum Gasteiger partial charge on any atom is -0.126 e. The van der Waals surface area contributed by atoms with Crippen molar-refractivity contribution in [1.29, 1.82) is 0 Å². The first-order valence-corrected chi connectivity index (χ1v) is 4.92. The molecule has 0 aromatic carbocycles. The molecule has 1 heteroatoms. The van der Waals surface area contributed by atoms with E-state index in [1.54, 1.807) is 0 Å². The minimum absolute atomic E-state index is 0.691. The van der Waals surface area contributed by atoms with E-state index in [9.17, 15) is 0 Å². The van der Waals surface area contributed by atoms with Crippen LogP contribution in [0.15, 0.2) is 12.7 Å². The van der Waals surface area contributed by atoms with Crippen LogP contribution in [0.5, 0.6) is 0 Å². The highest BCUT2D eigenvalue weighted by Gasteiger charge is 2.10. The molecule has 0 fully saturated rings. The summed E-state index contributed by atoms with van der Waals surface area (Å²) in [5.74, 6) is 2.21. The van der Waals surface area contributed by atoms with E-state index in [4.69, 9.17) is 11.6 Å². The van der Waals surface area contributed by atoms with Gasteiger partial charge in [-0.05, 0) is 31.1 Å². The van der Waals surface area contributed by atoms with Crippen molar-refractivity contribution in [3.05, 3.63) is 12.7 Å². The molecule has 0 aliphatic carbocycles. The lowest BCUT2D eigenvalue weighted by Crippen LogP contribution is -2.09. The molecule has 0 amide bonds. The Labute approximate surface area is 75.6 Å². The quantitative estimate of drug-likeness (QED) is 0.326. The lowest BCUT2D eigenvalue weighted by atomic mass is 9.92. The molecule has 0 N–H and O–H groups in total. The number of halogens is 1. The van der Waals surface area contributed by atoms with E-state index in [1.807, 2.05) is 6.08 Å². The molecule has 0 aromatic heterocycles. The Balaban J connectivity index is 3.43. The maximum absolute atomic E-state index is 5.82. The maximum Gasteiger partial charge on any atom is 0.0254 e. The predicted molar refractivity (Wildman–Crippen MR) is 53.1 cm³/mol. The standard InChI is InChI=1S/C10H19Cl/c1-4-5-6-7-10(8-11)9(2)3/h4,9-10H,1,5-8H2,2-3H3. The van der Waals surface area contributed by atoms with Gasteiger partial charge in [0, 0.05) is 5.88 Å². The van der Waals surface area contributed by atoms with E-state index in [0.717, 1.165) is 18.2 Å². The summed E-state index contributed by atoms with van der Waals surface area (Å²) in [4.78, 5) is 0. The third-order valence-corrected chi connectivity index (χ3v) is 2.52. The second kappa shape index (κ2) is 6.72. The van der Waals surface area contributed by atoms with E-state index >= 15 is 0 Å². The third kappa shape index (κ3) is 5.32. The summed E-state index contributed by atoms with van der Waals surface area (Å²) in [6, 6.07) is 0. The summed E-state index contributed by atoms with van der Waals surface area (Å²) in [6.45, 7) is 8.17. The van der Waals surface area contributed by atoms with Crippen LogP contribution in [-0.4, -0.2) is 5.88 Å². The first-order chi connectivity index (χ1) is 5.22. The molecule has 0 saturated heterocycles. The maximum atomic E-state index is 5.82. The Kier molecular flexibility index (Phi) is 6.74. The topological polar surface area (TPSA) is 0 Å². The summed E-state index contributed by atoms with van der Waals surface area (Å²) in [7, 11) is 0. The number of alkyl halides is 1. The molecule has 0 aliphatic heterocycles. The van der Waals surface area contributed by atoms with Gasteiger partial charge in [-0.1, -0.05) is 19.9 Å². The summed E-state index contributed by atoms with van der Waals surface area (Å²) in [5, 5.41) is 0. The highest BCUT2D eigenvalue weighted by Crippen LogP contribution is 2.19. The molecule has 0 aromatic rings.